The van der Waals surface area contributed by atoms with Crippen LogP contribution in [0.5, 0.6) is 5.75 Å². The molecule has 2 amide bonds. The molecule has 2 N–H and O–H groups in total. The third-order valence-electron chi connectivity index (χ3n) is 5.45. The van der Waals surface area contributed by atoms with E-state index >= 15 is 0 Å². The van der Waals surface area contributed by atoms with Gasteiger partial charge in [-0.15, -0.1) is 0 Å². The number of halogens is 1. The van der Waals surface area contributed by atoms with E-state index in [9.17, 15) is 9.59 Å². The fourth-order valence-electron chi connectivity index (χ4n) is 3.89. The fraction of sp³-hybridized carbons (Fsp3) is 0.0769. The molecule has 0 fully saturated rings. The van der Waals surface area contributed by atoms with Crippen molar-refractivity contribution in [2.45, 2.75) is 6.17 Å². The lowest BCUT2D eigenvalue weighted by molar-refractivity contribution is -0.127. The molecule has 4 aromatic carbocycles. The highest BCUT2D eigenvalue weighted by Crippen LogP contribution is 2.33. The molecule has 0 aliphatic carbocycles. The zero-order valence-corrected chi connectivity index (χ0v) is 19.1. The highest BCUT2D eigenvalue weighted by atomic mass is 79.9. The Morgan fingerprint density at radius 1 is 0.970 bits per heavy atom. The van der Waals surface area contributed by atoms with E-state index in [2.05, 4.69) is 26.7 Å². The summed E-state index contributed by atoms with van der Waals surface area (Å²) in [5, 5.41) is 6.62. The van der Waals surface area contributed by atoms with E-state index in [1.807, 2.05) is 84.9 Å². The van der Waals surface area contributed by atoms with Crippen molar-refractivity contribution in [3.63, 3.8) is 0 Å². The summed E-state index contributed by atoms with van der Waals surface area (Å²) < 4.78 is 6.59. The van der Waals surface area contributed by atoms with Gasteiger partial charge in [0.05, 0.1) is 5.56 Å². The van der Waals surface area contributed by atoms with E-state index in [0.29, 0.717) is 17.0 Å². The van der Waals surface area contributed by atoms with Crippen LogP contribution in [-0.4, -0.2) is 23.4 Å². The minimum Gasteiger partial charge on any atom is -0.483 e. The smallest absolute Gasteiger partial charge is 0.276 e. The van der Waals surface area contributed by atoms with E-state index in [-0.39, 0.29) is 12.5 Å². The van der Waals surface area contributed by atoms with Gasteiger partial charge >= 0.3 is 0 Å². The Morgan fingerprint density at radius 3 is 2.58 bits per heavy atom. The lowest BCUT2D eigenvalue weighted by Crippen LogP contribution is -2.53. The second-order valence-electron chi connectivity index (χ2n) is 7.62. The molecular formula is C26H20BrN3O3. The van der Waals surface area contributed by atoms with Crippen molar-refractivity contribution in [2.24, 2.45) is 0 Å². The van der Waals surface area contributed by atoms with Gasteiger partial charge in [0.25, 0.3) is 11.8 Å². The summed E-state index contributed by atoms with van der Waals surface area (Å²) in [5.74, 6) is -0.130. The van der Waals surface area contributed by atoms with Gasteiger partial charge < -0.3 is 10.1 Å². The first-order valence-corrected chi connectivity index (χ1v) is 11.2. The number of hydrogen-bond acceptors (Lipinski definition) is 4. The SMILES string of the molecule is O=C(COc1cccc2ccccc12)NN1C(=O)c2cc(Br)ccc2NC1c1ccccc1. The largest absolute Gasteiger partial charge is 0.483 e. The standard InChI is InChI=1S/C26H20BrN3O3/c27-19-13-14-22-21(15-19)26(32)30(25(28-22)18-8-2-1-3-9-18)29-24(31)16-33-23-12-6-10-17-7-4-5-11-20(17)23/h1-15,25,28H,16H2,(H,29,31). The molecule has 0 spiro atoms. The van der Waals surface area contributed by atoms with Crippen molar-refractivity contribution in [2.75, 3.05) is 11.9 Å². The van der Waals surface area contributed by atoms with E-state index in [4.69, 9.17) is 4.74 Å². The minimum absolute atomic E-state index is 0.232. The van der Waals surface area contributed by atoms with Gasteiger partial charge in [-0.25, -0.2) is 5.01 Å². The maximum absolute atomic E-state index is 13.3. The summed E-state index contributed by atoms with van der Waals surface area (Å²) in [5.41, 5.74) is 4.75. The zero-order valence-electron chi connectivity index (χ0n) is 17.5. The van der Waals surface area contributed by atoms with Crippen LogP contribution in [0, 0.1) is 0 Å². The average Bonchev–Trinajstić information content (AvgIpc) is 2.85. The number of ether oxygens (including phenoxy) is 1. The van der Waals surface area contributed by atoms with E-state index in [1.54, 1.807) is 6.07 Å². The van der Waals surface area contributed by atoms with Crippen LogP contribution in [0.4, 0.5) is 5.69 Å². The molecule has 0 bridgehead atoms. The quantitative estimate of drug-likeness (QED) is 0.390. The third kappa shape index (κ3) is 4.27. The normalized spacial score (nSPS) is 15.0. The van der Waals surface area contributed by atoms with Crippen molar-refractivity contribution in [1.29, 1.82) is 0 Å². The Morgan fingerprint density at radius 2 is 1.73 bits per heavy atom. The van der Waals surface area contributed by atoms with Gasteiger partial charge in [0.15, 0.2) is 6.61 Å². The van der Waals surface area contributed by atoms with E-state index < -0.39 is 12.1 Å². The number of hydrogen-bond donors (Lipinski definition) is 2. The molecule has 1 aliphatic rings. The Kier molecular flexibility index (Phi) is 5.71. The Balaban J connectivity index is 1.38. The summed E-state index contributed by atoms with van der Waals surface area (Å²) in [4.78, 5) is 26.2. The van der Waals surface area contributed by atoms with Gasteiger partial charge in [0.2, 0.25) is 0 Å². The van der Waals surface area contributed by atoms with Crippen LogP contribution >= 0.6 is 15.9 Å². The van der Waals surface area contributed by atoms with Gasteiger partial charge in [-0.1, -0.05) is 82.7 Å². The summed E-state index contributed by atoms with van der Waals surface area (Å²) >= 11 is 3.41. The van der Waals surface area contributed by atoms with Gasteiger partial charge in [-0.2, -0.15) is 0 Å². The zero-order chi connectivity index (χ0) is 22.8. The highest BCUT2D eigenvalue weighted by molar-refractivity contribution is 9.10. The van der Waals surface area contributed by atoms with Gasteiger partial charge in [0, 0.05) is 15.5 Å². The van der Waals surface area contributed by atoms with Crippen molar-refractivity contribution in [1.82, 2.24) is 10.4 Å². The van der Waals surface area contributed by atoms with Gasteiger partial charge in [-0.3, -0.25) is 15.0 Å². The summed E-state index contributed by atoms with van der Waals surface area (Å²) in [6.07, 6.45) is -0.561. The first-order valence-electron chi connectivity index (χ1n) is 10.4. The summed E-state index contributed by atoms with van der Waals surface area (Å²) in [6.45, 7) is -0.232. The Bertz CT molecular complexity index is 1340. The van der Waals surface area contributed by atoms with Crippen molar-refractivity contribution in [3.8, 4) is 5.75 Å². The molecule has 7 heteroatoms. The third-order valence-corrected chi connectivity index (χ3v) is 5.94. The number of fused-ring (bicyclic) bond motifs is 2. The molecular weight excluding hydrogens is 482 g/mol. The number of benzene rings is 4. The first kappa shape index (κ1) is 21.0. The van der Waals surface area contributed by atoms with Crippen LogP contribution in [0.15, 0.2) is 95.5 Å². The number of nitrogens with one attached hydrogen (secondary N) is 2. The molecule has 6 nitrogen and oxygen atoms in total. The number of hydrazine groups is 1. The molecule has 1 aliphatic heterocycles. The summed E-state index contributed by atoms with van der Waals surface area (Å²) in [6, 6.07) is 28.4. The van der Waals surface area contributed by atoms with Crippen molar-refractivity contribution < 1.29 is 14.3 Å². The average molecular weight is 502 g/mol. The molecule has 1 heterocycles. The van der Waals surface area contributed by atoms with Crippen LogP contribution in [0.25, 0.3) is 10.8 Å². The Labute approximate surface area is 199 Å². The molecule has 33 heavy (non-hydrogen) atoms. The van der Waals surface area contributed by atoms with Crippen molar-refractivity contribution in [3.05, 3.63) is 107 Å². The number of carbonyl (C=O) groups excluding carboxylic acids is 2. The van der Waals surface area contributed by atoms with Crippen LogP contribution in [0.3, 0.4) is 0 Å². The maximum atomic E-state index is 13.3. The van der Waals surface area contributed by atoms with Crippen LogP contribution in [0.1, 0.15) is 22.1 Å². The predicted octanol–water partition coefficient (Wildman–Crippen LogP) is 5.28. The molecule has 0 aromatic heterocycles. The van der Waals surface area contributed by atoms with Crippen LogP contribution in [0.2, 0.25) is 0 Å². The molecule has 5 rings (SSSR count). The fourth-order valence-corrected chi connectivity index (χ4v) is 4.25. The molecule has 4 aromatic rings. The minimum atomic E-state index is -0.561. The molecule has 164 valence electrons. The van der Waals surface area contributed by atoms with Crippen molar-refractivity contribution >= 4 is 44.2 Å². The van der Waals surface area contributed by atoms with E-state index in [0.717, 1.165) is 20.8 Å². The highest BCUT2D eigenvalue weighted by Gasteiger charge is 2.34. The number of anilines is 1. The Hall–Kier alpha value is -3.84. The molecule has 0 radical (unpaired) electrons. The van der Waals surface area contributed by atoms with E-state index in [1.165, 1.54) is 5.01 Å². The van der Waals surface area contributed by atoms with Crippen LogP contribution in [-0.2, 0) is 4.79 Å². The number of carbonyl (C=O) groups is 2. The van der Waals surface area contributed by atoms with Crippen LogP contribution < -0.4 is 15.5 Å². The number of rotatable bonds is 5. The van der Waals surface area contributed by atoms with Gasteiger partial charge in [-0.05, 0) is 35.2 Å². The predicted molar refractivity (Wildman–Crippen MR) is 131 cm³/mol. The lowest BCUT2D eigenvalue weighted by atomic mass is 10.1. The monoisotopic (exact) mass is 501 g/mol. The topological polar surface area (TPSA) is 70.7 Å². The number of nitrogens with zero attached hydrogens (tertiary/aromatic N) is 1. The summed E-state index contributed by atoms with van der Waals surface area (Å²) in [7, 11) is 0. The number of amides is 2. The molecule has 1 atom stereocenters. The molecule has 0 saturated heterocycles. The maximum Gasteiger partial charge on any atom is 0.276 e. The molecule has 1 unspecified atom stereocenters. The lowest BCUT2D eigenvalue weighted by Gasteiger charge is -2.37. The molecule has 0 saturated carbocycles. The second kappa shape index (κ2) is 8.96. The van der Waals surface area contributed by atoms with Gasteiger partial charge in [0.1, 0.15) is 11.9 Å². The second-order valence-corrected chi connectivity index (χ2v) is 8.54. The first-order chi connectivity index (χ1) is 16.1.